The van der Waals surface area contributed by atoms with Crippen molar-refractivity contribution in [1.29, 1.82) is 0 Å². The van der Waals surface area contributed by atoms with Crippen LogP contribution in [-0.2, 0) is 14.3 Å². The van der Waals surface area contributed by atoms with E-state index in [1.165, 1.54) is 26.7 Å². The summed E-state index contributed by atoms with van der Waals surface area (Å²) < 4.78 is 44.1. The normalized spacial score (nSPS) is 22.2. The van der Waals surface area contributed by atoms with E-state index in [1.54, 1.807) is 6.92 Å². The van der Waals surface area contributed by atoms with Gasteiger partial charge in [-0.1, -0.05) is 32.3 Å². The molecule has 168 valence electrons. The zero-order valence-corrected chi connectivity index (χ0v) is 18.0. The van der Waals surface area contributed by atoms with E-state index in [1.807, 2.05) is 0 Å². The molecular formula is C22H35F3O4. The Kier molecular flexibility index (Phi) is 8.93. The molecule has 0 radical (unpaired) electrons. The van der Waals surface area contributed by atoms with E-state index >= 15 is 0 Å². The molecule has 0 aliphatic heterocycles. The molecule has 1 N–H and O–H groups in total. The number of aliphatic hydroxyl groups is 1. The first-order chi connectivity index (χ1) is 13.2. The predicted octanol–water partition coefficient (Wildman–Crippen LogP) is 5.52. The molecule has 0 aromatic carbocycles. The maximum Gasteiger partial charge on any atom is 0.417 e. The molecule has 0 aromatic heterocycles. The van der Waals surface area contributed by atoms with E-state index in [-0.39, 0.29) is 11.5 Å². The molecular weight excluding hydrogens is 385 g/mol. The summed E-state index contributed by atoms with van der Waals surface area (Å²) in [5.74, 6) is -0.0884. The lowest BCUT2D eigenvalue weighted by atomic mass is 9.78. The van der Waals surface area contributed by atoms with E-state index in [9.17, 15) is 27.9 Å². The Morgan fingerprint density at radius 3 is 1.79 bits per heavy atom. The van der Waals surface area contributed by atoms with Gasteiger partial charge in [-0.05, 0) is 59.3 Å². The summed E-state index contributed by atoms with van der Waals surface area (Å²) >= 11 is 0. The number of esters is 1. The van der Waals surface area contributed by atoms with Crippen molar-refractivity contribution in [3.05, 3.63) is 12.2 Å². The lowest BCUT2D eigenvalue weighted by Gasteiger charge is -2.40. The third-order valence-corrected chi connectivity index (χ3v) is 6.13. The van der Waals surface area contributed by atoms with Crippen LogP contribution in [0.1, 0.15) is 85.5 Å². The van der Waals surface area contributed by atoms with E-state index in [0.29, 0.717) is 24.5 Å². The maximum atomic E-state index is 12.9. The van der Waals surface area contributed by atoms with Crippen molar-refractivity contribution in [3.63, 3.8) is 0 Å². The van der Waals surface area contributed by atoms with Crippen LogP contribution >= 0.6 is 0 Å². The highest BCUT2D eigenvalue weighted by atomic mass is 19.4. The van der Waals surface area contributed by atoms with Crippen LogP contribution in [-0.4, -0.2) is 34.2 Å². The Bertz CT molecular complexity index is 585. The highest BCUT2D eigenvalue weighted by Crippen LogP contribution is 2.45. The molecule has 0 heterocycles. The maximum absolute atomic E-state index is 12.9. The molecule has 0 saturated heterocycles. The second-order valence-corrected chi connectivity index (χ2v) is 9.00. The molecule has 0 spiro atoms. The van der Waals surface area contributed by atoms with Crippen LogP contribution in [0, 0.1) is 11.8 Å². The van der Waals surface area contributed by atoms with Crippen LogP contribution in [0.25, 0.3) is 0 Å². The molecule has 7 heteroatoms. The number of ether oxygens (including phenoxy) is 1. The Morgan fingerprint density at radius 1 is 1.00 bits per heavy atom. The summed E-state index contributed by atoms with van der Waals surface area (Å²) in [5.41, 5.74) is -4.13. The van der Waals surface area contributed by atoms with Crippen molar-refractivity contribution in [2.24, 2.45) is 11.8 Å². The first-order valence-corrected chi connectivity index (χ1v) is 10.4. The number of Topliss-reactive ketones (excluding diaryl/α,β-unsaturated/α-hetero) is 1. The van der Waals surface area contributed by atoms with E-state index in [0.717, 1.165) is 32.6 Å². The van der Waals surface area contributed by atoms with Gasteiger partial charge in [0.15, 0.2) is 5.60 Å². The lowest BCUT2D eigenvalue weighted by Crippen LogP contribution is -2.52. The van der Waals surface area contributed by atoms with Gasteiger partial charge in [-0.3, -0.25) is 4.79 Å². The molecule has 0 amide bonds. The third kappa shape index (κ3) is 7.43. The Labute approximate surface area is 171 Å². The van der Waals surface area contributed by atoms with Crippen LogP contribution in [0.15, 0.2) is 12.2 Å². The largest absolute Gasteiger partial charge is 0.456 e. The number of hydrogen-bond donors (Lipinski definition) is 1. The fraction of sp³-hybridized carbons (Fsp3) is 0.818. The van der Waals surface area contributed by atoms with Crippen molar-refractivity contribution in [3.8, 4) is 0 Å². The molecule has 2 unspecified atom stereocenters. The zero-order valence-electron chi connectivity index (χ0n) is 18.0. The molecule has 2 fully saturated rings. The molecule has 2 rings (SSSR count). The average Bonchev–Trinajstić information content (AvgIpc) is 3.27. The predicted molar refractivity (Wildman–Crippen MR) is 105 cm³/mol. The zero-order chi connectivity index (χ0) is 22.5. The summed E-state index contributed by atoms with van der Waals surface area (Å²) in [6.45, 7) is 8.79. The van der Waals surface area contributed by atoms with Gasteiger partial charge in [0.1, 0.15) is 11.4 Å². The van der Waals surface area contributed by atoms with E-state index < -0.39 is 29.8 Å². The summed E-state index contributed by atoms with van der Waals surface area (Å²) in [5, 5.41) is 9.76. The van der Waals surface area contributed by atoms with Crippen molar-refractivity contribution in [1.82, 2.24) is 0 Å². The van der Waals surface area contributed by atoms with Crippen LogP contribution in [0.3, 0.4) is 0 Å². The summed E-state index contributed by atoms with van der Waals surface area (Å²) in [6, 6.07) is 0. The first-order valence-electron chi connectivity index (χ1n) is 10.4. The van der Waals surface area contributed by atoms with Crippen molar-refractivity contribution < 1.29 is 32.6 Å². The standard InChI is InChI=1S/C15H23F3O3.C7H12O/c1-10(2)12(19)21-13(3,11-7-5-6-8-11)9-14(4,20)15(16,17)18;1-6(8)7-4-2-3-5-7/h11,20H,1,5-9H2,2-4H3;7H,2-5H2,1H3. The van der Waals surface area contributed by atoms with Crippen LogP contribution < -0.4 is 0 Å². The molecule has 4 nitrogen and oxygen atoms in total. The number of rotatable bonds is 6. The van der Waals surface area contributed by atoms with Crippen molar-refractivity contribution >= 4 is 11.8 Å². The minimum absolute atomic E-state index is 0.130. The molecule has 2 atom stereocenters. The molecule has 2 aliphatic rings. The van der Waals surface area contributed by atoms with Crippen LogP contribution in [0.5, 0.6) is 0 Å². The minimum Gasteiger partial charge on any atom is -0.456 e. The Hall–Kier alpha value is -1.37. The third-order valence-electron chi connectivity index (χ3n) is 6.13. The number of carbonyl (C=O) groups is 2. The van der Waals surface area contributed by atoms with Gasteiger partial charge in [-0.2, -0.15) is 13.2 Å². The Balaban J connectivity index is 0.000000436. The summed E-state index contributed by atoms with van der Waals surface area (Å²) in [4.78, 5) is 22.4. The van der Waals surface area contributed by atoms with E-state index in [4.69, 9.17) is 4.74 Å². The van der Waals surface area contributed by atoms with Gasteiger partial charge in [-0.15, -0.1) is 0 Å². The second-order valence-electron chi connectivity index (χ2n) is 9.00. The van der Waals surface area contributed by atoms with Crippen LogP contribution in [0.4, 0.5) is 13.2 Å². The number of alkyl halides is 3. The number of carbonyl (C=O) groups excluding carboxylic acids is 2. The summed E-state index contributed by atoms with van der Waals surface area (Å²) in [7, 11) is 0. The van der Waals surface area contributed by atoms with Gasteiger partial charge >= 0.3 is 12.1 Å². The van der Waals surface area contributed by atoms with E-state index in [2.05, 4.69) is 6.58 Å². The highest BCUT2D eigenvalue weighted by molar-refractivity contribution is 5.87. The molecule has 29 heavy (non-hydrogen) atoms. The van der Waals surface area contributed by atoms with Crippen molar-refractivity contribution in [2.45, 2.75) is 103 Å². The van der Waals surface area contributed by atoms with Gasteiger partial charge in [0.2, 0.25) is 0 Å². The Morgan fingerprint density at radius 2 is 1.45 bits per heavy atom. The smallest absolute Gasteiger partial charge is 0.417 e. The second kappa shape index (κ2) is 10.1. The van der Waals surface area contributed by atoms with Gasteiger partial charge < -0.3 is 9.84 Å². The monoisotopic (exact) mass is 420 g/mol. The molecule has 2 saturated carbocycles. The number of hydrogen-bond acceptors (Lipinski definition) is 4. The lowest BCUT2D eigenvalue weighted by molar-refractivity contribution is -0.271. The number of halogens is 3. The minimum atomic E-state index is -4.78. The van der Waals surface area contributed by atoms with Crippen LogP contribution in [0.2, 0.25) is 0 Å². The fourth-order valence-corrected chi connectivity index (χ4v) is 4.22. The van der Waals surface area contributed by atoms with Gasteiger partial charge in [0.05, 0.1) is 0 Å². The van der Waals surface area contributed by atoms with Gasteiger partial charge in [0, 0.05) is 17.9 Å². The topological polar surface area (TPSA) is 63.6 Å². The quantitative estimate of drug-likeness (QED) is 0.454. The highest BCUT2D eigenvalue weighted by Gasteiger charge is 2.56. The number of ketones is 1. The summed E-state index contributed by atoms with van der Waals surface area (Å²) in [6.07, 6.45) is 2.54. The van der Waals surface area contributed by atoms with Crippen molar-refractivity contribution in [2.75, 3.05) is 0 Å². The molecule has 0 aromatic rings. The van der Waals surface area contributed by atoms with Gasteiger partial charge in [0.25, 0.3) is 0 Å². The average molecular weight is 421 g/mol. The van der Waals surface area contributed by atoms with Gasteiger partial charge in [-0.25, -0.2) is 4.79 Å². The molecule has 2 aliphatic carbocycles. The SMILES string of the molecule is C=C(C)C(=O)OC(C)(CC(C)(O)C(F)(F)F)C1CCCC1.CC(=O)C1CCCC1. The molecule has 0 bridgehead atoms. The first kappa shape index (κ1) is 25.7. The fourth-order valence-electron chi connectivity index (χ4n) is 4.22.